The molecule has 0 aromatic heterocycles. The number of hydrogen-bond acceptors (Lipinski definition) is 3. The molecule has 0 atom stereocenters. The average Bonchev–Trinajstić information content (AvgIpc) is 2.07. The lowest BCUT2D eigenvalue weighted by Gasteiger charge is -2.42. The summed E-state index contributed by atoms with van der Waals surface area (Å²) >= 11 is 0. The highest BCUT2D eigenvalue weighted by Crippen LogP contribution is 2.33. The smallest absolute Gasteiger partial charge is 0.408 e. The van der Waals surface area contributed by atoms with Gasteiger partial charge in [0.15, 0.2) is 0 Å². The Balaban J connectivity index is 2.64. The summed E-state index contributed by atoms with van der Waals surface area (Å²) < 4.78 is 5.18. The summed E-state index contributed by atoms with van der Waals surface area (Å²) in [6, 6.07) is 0. The van der Waals surface area contributed by atoms with E-state index in [0.717, 1.165) is 6.42 Å². The van der Waals surface area contributed by atoms with Gasteiger partial charge in [0.1, 0.15) is 11.1 Å². The molecular formula is C12H22N2O3. The standard InChI is InChI=1S/C12H22N2O3/c1-11(2,3)17-10(16)13-12(7-6-8-12)9(15)14(4)5/h6-8H2,1-5H3,(H,13,16). The molecule has 5 nitrogen and oxygen atoms in total. The van der Waals surface area contributed by atoms with Gasteiger partial charge in [-0.2, -0.15) is 0 Å². The van der Waals surface area contributed by atoms with Gasteiger partial charge in [0.25, 0.3) is 0 Å². The second kappa shape index (κ2) is 4.55. The van der Waals surface area contributed by atoms with E-state index in [9.17, 15) is 9.59 Å². The maximum atomic E-state index is 12.0. The van der Waals surface area contributed by atoms with Gasteiger partial charge >= 0.3 is 6.09 Å². The van der Waals surface area contributed by atoms with Crippen molar-refractivity contribution in [3.8, 4) is 0 Å². The molecule has 0 aromatic carbocycles. The monoisotopic (exact) mass is 242 g/mol. The SMILES string of the molecule is CN(C)C(=O)C1(NC(=O)OC(C)(C)C)CCC1. The third kappa shape index (κ3) is 3.35. The van der Waals surface area contributed by atoms with Crippen molar-refractivity contribution in [2.45, 2.75) is 51.2 Å². The van der Waals surface area contributed by atoms with Crippen LogP contribution in [0.15, 0.2) is 0 Å². The van der Waals surface area contributed by atoms with Crippen LogP contribution in [0.25, 0.3) is 0 Å². The quantitative estimate of drug-likeness (QED) is 0.798. The zero-order valence-corrected chi connectivity index (χ0v) is 11.3. The Morgan fingerprint density at radius 2 is 1.76 bits per heavy atom. The molecule has 0 unspecified atom stereocenters. The minimum atomic E-state index is -0.744. The van der Waals surface area contributed by atoms with Crippen LogP contribution in [0.5, 0.6) is 0 Å². The highest BCUT2D eigenvalue weighted by atomic mass is 16.6. The lowest BCUT2D eigenvalue weighted by Crippen LogP contribution is -2.63. The van der Waals surface area contributed by atoms with E-state index >= 15 is 0 Å². The van der Waals surface area contributed by atoms with Gasteiger partial charge in [-0.15, -0.1) is 0 Å². The molecule has 0 radical (unpaired) electrons. The predicted octanol–water partition coefficient (Wildman–Crippen LogP) is 1.52. The first-order valence-electron chi connectivity index (χ1n) is 5.89. The first-order valence-corrected chi connectivity index (χ1v) is 5.89. The van der Waals surface area contributed by atoms with Crippen LogP contribution in [0, 0.1) is 0 Å². The third-order valence-electron chi connectivity index (χ3n) is 2.76. The molecule has 0 spiro atoms. The normalized spacial score (nSPS) is 17.9. The number of nitrogens with one attached hydrogen (secondary N) is 1. The lowest BCUT2D eigenvalue weighted by atomic mass is 9.76. The van der Waals surface area contributed by atoms with Crippen LogP contribution in [-0.4, -0.2) is 42.1 Å². The van der Waals surface area contributed by atoms with Crippen LogP contribution >= 0.6 is 0 Å². The van der Waals surface area contributed by atoms with Crippen LogP contribution < -0.4 is 5.32 Å². The third-order valence-corrected chi connectivity index (χ3v) is 2.76. The molecule has 0 bridgehead atoms. The van der Waals surface area contributed by atoms with Crippen molar-refractivity contribution >= 4 is 12.0 Å². The molecule has 1 aliphatic carbocycles. The topological polar surface area (TPSA) is 58.6 Å². The minimum Gasteiger partial charge on any atom is -0.444 e. The van der Waals surface area contributed by atoms with E-state index in [1.54, 1.807) is 34.9 Å². The molecule has 0 heterocycles. The fourth-order valence-corrected chi connectivity index (χ4v) is 1.85. The van der Waals surface area contributed by atoms with Crippen molar-refractivity contribution in [1.29, 1.82) is 0 Å². The summed E-state index contributed by atoms with van der Waals surface area (Å²) in [5.74, 6) is -0.0605. The van der Waals surface area contributed by atoms with Gasteiger partial charge in [-0.25, -0.2) is 4.79 Å². The first-order chi connectivity index (χ1) is 7.66. The highest BCUT2D eigenvalue weighted by molar-refractivity contribution is 5.90. The number of rotatable bonds is 2. The van der Waals surface area contributed by atoms with Crippen molar-refractivity contribution in [2.75, 3.05) is 14.1 Å². The molecule has 2 amide bonds. The molecule has 1 N–H and O–H groups in total. The largest absolute Gasteiger partial charge is 0.444 e. The molecule has 0 aliphatic heterocycles. The Morgan fingerprint density at radius 1 is 1.24 bits per heavy atom. The van der Waals surface area contributed by atoms with E-state index in [-0.39, 0.29) is 5.91 Å². The number of ether oxygens (including phenoxy) is 1. The van der Waals surface area contributed by atoms with E-state index in [1.807, 2.05) is 0 Å². The van der Waals surface area contributed by atoms with Gasteiger partial charge in [0.05, 0.1) is 0 Å². The van der Waals surface area contributed by atoms with Crippen molar-refractivity contribution < 1.29 is 14.3 Å². The second-order valence-electron chi connectivity index (χ2n) is 5.76. The zero-order chi connectivity index (χ0) is 13.3. The molecule has 0 aromatic rings. The Kier molecular flexibility index (Phi) is 3.69. The van der Waals surface area contributed by atoms with Gasteiger partial charge in [-0.3, -0.25) is 4.79 Å². The van der Waals surface area contributed by atoms with Crippen molar-refractivity contribution in [3.05, 3.63) is 0 Å². The number of alkyl carbamates (subject to hydrolysis) is 1. The molecule has 0 saturated heterocycles. The Morgan fingerprint density at radius 3 is 2.06 bits per heavy atom. The number of nitrogens with zero attached hydrogens (tertiary/aromatic N) is 1. The predicted molar refractivity (Wildman–Crippen MR) is 64.6 cm³/mol. The van der Waals surface area contributed by atoms with Crippen LogP contribution in [-0.2, 0) is 9.53 Å². The molecule has 5 heteroatoms. The molecule has 1 aliphatic rings. The highest BCUT2D eigenvalue weighted by Gasteiger charge is 2.47. The van der Waals surface area contributed by atoms with Crippen molar-refractivity contribution in [3.63, 3.8) is 0 Å². The molecule has 1 fully saturated rings. The van der Waals surface area contributed by atoms with E-state index in [4.69, 9.17) is 4.74 Å². The van der Waals surface area contributed by atoms with E-state index in [2.05, 4.69) is 5.32 Å². The number of likely N-dealkylation sites (N-methyl/N-ethyl adjacent to an activating group) is 1. The maximum Gasteiger partial charge on any atom is 0.408 e. The summed E-state index contributed by atoms with van der Waals surface area (Å²) in [7, 11) is 3.39. The van der Waals surface area contributed by atoms with Gasteiger partial charge < -0.3 is 15.0 Å². The fourth-order valence-electron chi connectivity index (χ4n) is 1.85. The van der Waals surface area contributed by atoms with Crippen LogP contribution in [0.1, 0.15) is 40.0 Å². The summed E-state index contributed by atoms with van der Waals surface area (Å²) in [6.45, 7) is 5.40. The Labute approximate surface area is 102 Å². The summed E-state index contributed by atoms with van der Waals surface area (Å²) in [5, 5.41) is 2.72. The lowest BCUT2D eigenvalue weighted by molar-refractivity contribution is -0.139. The zero-order valence-electron chi connectivity index (χ0n) is 11.3. The molecule has 98 valence electrons. The number of carbonyl (C=O) groups is 2. The molecule has 17 heavy (non-hydrogen) atoms. The molecule has 1 saturated carbocycles. The van der Waals surface area contributed by atoms with Crippen molar-refractivity contribution in [2.24, 2.45) is 0 Å². The van der Waals surface area contributed by atoms with Crippen LogP contribution in [0.3, 0.4) is 0 Å². The first kappa shape index (κ1) is 13.8. The number of carbonyl (C=O) groups excluding carboxylic acids is 2. The van der Waals surface area contributed by atoms with Gasteiger partial charge in [-0.05, 0) is 40.0 Å². The number of hydrogen-bond donors (Lipinski definition) is 1. The molecular weight excluding hydrogens is 220 g/mol. The maximum absolute atomic E-state index is 12.0. The summed E-state index contributed by atoms with van der Waals surface area (Å²) in [5.41, 5.74) is -1.29. The Hall–Kier alpha value is -1.26. The van der Waals surface area contributed by atoms with E-state index < -0.39 is 17.2 Å². The van der Waals surface area contributed by atoms with Crippen molar-refractivity contribution in [1.82, 2.24) is 10.2 Å². The minimum absolute atomic E-state index is 0.0605. The van der Waals surface area contributed by atoms with Crippen LogP contribution in [0.2, 0.25) is 0 Å². The Bertz CT molecular complexity index is 314. The summed E-state index contributed by atoms with van der Waals surface area (Å²) in [4.78, 5) is 25.2. The summed E-state index contributed by atoms with van der Waals surface area (Å²) in [6.07, 6.45) is 1.80. The van der Waals surface area contributed by atoms with E-state index in [0.29, 0.717) is 12.8 Å². The average molecular weight is 242 g/mol. The second-order valence-corrected chi connectivity index (χ2v) is 5.76. The number of amides is 2. The molecule has 1 rings (SSSR count). The van der Waals surface area contributed by atoms with Gasteiger partial charge in [0, 0.05) is 14.1 Å². The van der Waals surface area contributed by atoms with Gasteiger partial charge in [-0.1, -0.05) is 0 Å². The van der Waals surface area contributed by atoms with Crippen LogP contribution in [0.4, 0.5) is 4.79 Å². The van der Waals surface area contributed by atoms with E-state index in [1.165, 1.54) is 4.90 Å². The van der Waals surface area contributed by atoms with Gasteiger partial charge in [0.2, 0.25) is 5.91 Å². The fraction of sp³-hybridized carbons (Fsp3) is 0.833.